The van der Waals surface area contributed by atoms with Crippen molar-refractivity contribution in [2.24, 2.45) is 0 Å². The third-order valence-electron chi connectivity index (χ3n) is 4.62. The number of unbranched alkanes of at least 4 members (excludes halogenated alkanes) is 11. The zero-order valence-electron chi connectivity index (χ0n) is 15.8. The molecule has 0 heterocycles. The second-order valence-electron chi connectivity index (χ2n) is 6.82. The lowest BCUT2D eigenvalue weighted by Crippen LogP contribution is -2.03. The topological polar surface area (TPSA) is 29.5 Å². The van der Waals surface area contributed by atoms with Gasteiger partial charge in [0.15, 0.2) is 0 Å². The average molecular weight is 335 g/mol. The van der Waals surface area contributed by atoms with Gasteiger partial charge in [-0.3, -0.25) is 0 Å². The van der Waals surface area contributed by atoms with Gasteiger partial charge < -0.3 is 9.84 Å². The summed E-state index contributed by atoms with van der Waals surface area (Å²) in [6.07, 6.45) is 17.7. The van der Waals surface area contributed by atoms with Crippen molar-refractivity contribution in [2.45, 2.75) is 90.4 Å². The van der Waals surface area contributed by atoms with E-state index in [4.69, 9.17) is 9.84 Å². The lowest BCUT2D eigenvalue weighted by atomic mass is 10.0. The zero-order valence-corrected chi connectivity index (χ0v) is 15.8. The molecule has 1 rings (SSSR count). The van der Waals surface area contributed by atoms with Crippen molar-refractivity contribution in [1.29, 1.82) is 0 Å². The van der Waals surface area contributed by atoms with Crippen molar-refractivity contribution in [3.8, 4) is 5.75 Å². The number of para-hydroxylation sites is 1. The quantitative estimate of drug-likeness (QED) is 0.359. The Bertz CT molecular complexity index is 389. The molecule has 0 aliphatic carbocycles. The third-order valence-corrected chi connectivity index (χ3v) is 4.62. The molecule has 1 aromatic carbocycles. The minimum Gasteiger partial charge on any atom is -0.491 e. The van der Waals surface area contributed by atoms with Crippen LogP contribution < -0.4 is 4.74 Å². The van der Waals surface area contributed by atoms with Crippen molar-refractivity contribution in [3.63, 3.8) is 0 Å². The summed E-state index contributed by atoms with van der Waals surface area (Å²) in [5.41, 5.74) is 1.28. The summed E-state index contributed by atoms with van der Waals surface area (Å²) in [6, 6.07) is 8.22. The fraction of sp³-hybridized carbons (Fsp3) is 0.727. The minimum atomic E-state index is 0.0763. The Kier molecular flexibility index (Phi) is 13.6. The Morgan fingerprint density at radius 1 is 0.750 bits per heavy atom. The van der Waals surface area contributed by atoms with Crippen LogP contribution in [0.3, 0.4) is 0 Å². The molecule has 0 saturated heterocycles. The van der Waals surface area contributed by atoms with Crippen LogP contribution in [0.2, 0.25) is 0 Å². The molecule has 0 aromatic heterocycles. The SMILES string of the molecule is CCCCCCCCCCCCCCc1ccccc1OCCO. The van der Waals surface area contributed by atoms with Crippen LogP contribution in [0.4, 0.5) is 0 Å². The molecule has 0 spiro atoms. The van der Waals surface area contributed by atoms with Gasteiger partial charge in [-0.1, -0.05) is 95.8 Å². The average Bonchev–Trinajstić information content (AvgIpc) is 2.61. The predicted octanol–water partition coefficient (Wildman–Crippen LogP) is 6.30. The minimum absolute atomic E-state index is 0.0763. The molecule has 1 N–H and O–H groups in total. The van der Waals surface area contributed by atoms with Gasteiger partial charge in [-0.15, -0.1) is 0 Å². The molecule has 0 radical (unpaired) electrons. The smallest absolute Gasteiger partial charge is 0.122 e. The maximum Gasteiger partial charge on any atom is 0.122 e. The van der Waals surface area contributed by atoms with E-state index in [-0.39, 0.29) is 6.61 Å². The van der Waals surface area contributed by atoms with E-state index in [9.17, 15) is 0 Å². The monoisotopic (exact) mass is 334 g/mol. The number of aryl methyl sites for hydroxylation is 1. The molecule has 2 nitrogen and oxygen atoms in total. The van der Waals surface area contributed by atoms with E-state index in [1.165, 1.54) is 82.6 Å². The van der Waals surface area contributed by atoms with Gasteiger partial charge in [0, 0.05) is 0 Å². The number of aliphatic hydroxyl groups excluding tert-OH is 1. The van der Waals surface area contributed by atoms with Crippen molar-refractivity contribution in [1.82, 2.24) is 0 Å². The van der Waals surface area contributed by atoms with Crippen molar-refractivity contribution in [3.05, 3.63) is 29.8 Å². The maximum absolute atomic E-state index is 8.88. The highest BCUT2D eigenvalue weighted by Gasteiger charge is 2.02. The Balaban J connectivity index is 1.97. The second kappa shape index (κ2) is 15.5. The number of aliphatic hydroxyl groups is 1. The van der Waals surface area contributed by atoms with Crippen LogP contribution >= 0.6 is 0 Å². The van der Waals surface area contributed by atoms with E-state index in [0.717, 1.165) is 12.2 Å². The summed E-state index contributed by atoms with van der Waals surface area (Å²) in [5, 5.41) is 8.88. The molecule has 0 saturated carbocycles. The van der Waals surface area contributed by atoms with Gasteiger partial charge in [0.05, 0.1) is 6.61 Å². The molecule has 0 unspecified atom stereocenters. The van der Waals surface area contributed by atoms with Crippen LogP contribution in [0.5, 0.6) is 5.75 Å². The molecule has 2 heteroatoms. The summed E-state index contributed by atoms with van der Waals surface area (Å²) >= 11 is 0. The highest BCUT2D eigenvalue weighted by molar-refractivity contribution is 5.33. The first-order valence-corrected chi connectivity index (χ1v) is 10.2. The van der Waals surface area contributed by atoms with Crippen LogP contribution in [-0.2, 0) is 6.42 Å². The third kappa shape index (κ3) is 10.7. The Labute approximate surface area is 149 Å². The fourth-order valence-corrected chi connectivity index (χ4v) is 3.16. The molecule has 1 aromatic rings. The van der Waals surface area contributed by atoms with Crippen LogP contribution in [0.25, 0.3) is 0 Å². The Morgan fingerprint density at radius 3 is 1.88 bits per heavy atom. The molecule has 0 bridgehead atoms. The van der Waals surface area contributed by atoms with Crippen LogP contribution in [0.1, 0.15) is 89.5 Å². The normalized spacial score (nSPS) is 10.9. The van der Waals surface area contributed by atoms with Crippen LogP contribution in [0.15, 0.2) is 24.3 Å². The van der Waals surface area contributed by atoms with Crippen molar-refractivity contribution < 1.29 is 9.84 Å². The largest absolute Gasteiger partial charge is 0.491 e. The highest BCUT2D eigenvalue weighted by Crippen LogP contribution is 2.21. The first-order chi connectivity index (χ1) is 11.9. The molecule has 24 heavy (non-hydrogen) atoms. The standard InChI is InChI=1S/C22H38O2/c1-2-3-4-5-6-7-8-9-10-11-12-13-16-21-17-14-15-18-22(21)24-20-19-23/h14-15,17-18,23H,2-13,16,19-20H2,1H3. The van der Waals surface area contributed by atoms with E-state index in [2.05, 4.69) is 19.1 Å². The molecule has 0 aliphatic heterocycles. The number of hydrogen-bond acceptors (Lipinski definition) is 2. The summed E-state index contributed by atoms with van der Waals surface area (Å²) < 4.78 is 5.59. The number of rotatable bonds is 16. The molecule has 0 aliphatic rings. The predicted molar refractivity (Wildman–Crippen MR) is 104 cm³/mol. The number of hydrogen-bond donors (Lipinski definition) is 1. The van der Waals surface area contributed by atoms with E-state index < -0.39 is 0 Å². The van der Waals surface area contributed by atoms with Gasteiger partial charge in [0.1, 0.15) is 12.4 Å². The molecule has 0 atom stereocenters. The first-order valence-electron chi connectivity index (χ1n) is 10.2. The molecular weight excluding hydrogens is 296 g/mol. The Hall–Kier alpha value is -1.02. The van der Waals surface area contributed by atoms with E-state index in [1.54, 1.807) is 0 Å². The lowest BCUT2D eigenvalue weighted by Gasteiger charge is -2.10. The van der Waals surface area contributed by atoms with E-state index in [0.29, 0.717) is 6.61 Å². The van der Waals surface area contributed by atoms with Gasteiger partial charge in [-0.05, 0) is 24.5 Å². The molecular formula is C22H38O2. The van der Waals surface area contributed by atoms with Crippen molar-refractivity contribution >= 4 is 0 Å². The van der Waals surface area contributed by atoms with Gasteiger partial charge in [-0.2, -0.15) is 0 Å². The molecule has 138 valence electrons. The summed E-state index contributed by atoms with van der Waals surface area (Å²) in [6.45, 7) is 2.74. The van der Waals surface area contributed by atoms with Gasteiger partial charge >= 0.3 is 0 Å². The van der Waals surface area contributed by atoms with Gasteiger partial charge in [0.25, 0.3) is 0 Å². The van der Waals surface area contributed by atoms with Gasteiger partial charge in [0.2, 0.25) is 0 Å². The van der Waals surface area contributed by atoms with E-state index in [1.807, 2.05) is 12.1 Å². The second-order valence-corrected chi connectivity index (χ2v) is 6.82. The molecule has 0 fully saturated rings. The maximum atomic E-state index is 8.88. The van der Waals surface area contributed by atoms with Crippen LogP contribution in [-0.4, -0.2) is 18.3 Å². The highest BCUT2D eigenvalue weighted by atomic mass is 16.5. The number of ether oxygens (including phenoxy) is 1. The van der Waals surface area contributed by atoms with Crippen LogP contribution in [0, 0.1) is 0 Å². The summed E-state index contributed by atoms with van der Waals surface area (Å²) in [4.78, 5) is 0. The van der Waals surface area contributed by atoms with Crippen molar-refractivity contribution in [2.75, 3.05) is 13.2 Å². The van der Waals surface area contributed by atoms with Gasteiger partial charge in [-0.25, -0.2) is 0 Å². The fourth-order valence-electron chi connectivity index (χ4n) is 3.16. The summed E-state index contributed by atoms with van der Waals surface area (Å²) in [7, 11) is 0. The lowest BCUT2D eigenvalue weighted by molar-refractivity contribution is 0.200. The first kappa shape index (κ1) is 21.0. The summed E-state index contributed by atoms with van der Waals surface area (Å²) in [5.74, 6) is 0.939. The Morgan fingerprint density at radius 2 is 1.29 bits per heavy atom. The number of benzene rings is 1. The van der Waals surface area contributed by atoms with E-state index >= 15 is 0 Å². The molecule has 0 amide bonds. The zero-order chi connectivity index (χ0) is 17.3.